The standard InChI is InChI=1S/C14H16O5/c1-3-19-13(15)6-4-5-10-7-8-11(14(16)17)9-12(10)18-2/h4-5,7-9H,3,6H2,1-2H3,(H,16,17). The van der Waals surface area contributed by atoms with Crippen molar-refractivity contribution >= 4 is 18.0 Å². The third-order valence-electron chi connectivity index (χ3n) is 2.37. The van der Waals surface area contributed by atoms with E-state index in [-0.39, 0.29) is 18.0 Å². The highest BCUT2D eigenvalue weighted by molar-refractivity contribution is 5.88. The van der Waals surface area contributed by atoms with Crippen LogP contribution in [-0.2, 0) is 9.53 Å². The molecule has 19 heavy (non-hydrogen) atoms. The van der Waals surface area contributed by atoms with Crippen molar-refractivity contribution in [2.75, 3.05) is 13.7 Å². The molecule has 0 amide bonds. The van der Waals surface area contributed by atoms with Crippen LogP contribution in [0.3, 0.4) is 0 Å². The summed E-state index contributed by atoms with van der Waals surface area (Å²) in [6.07, 6.45) is 3.51. The van der Waals surface area contributed by atoms with Crippen LogP contribution in [0.2, 0.25) is 0 Å². The first kappa shape index (κ1) is 14.8. The number of carbonyl (C=O) groups is 2. The van der Waals surface area contributed by atoms with Crippen LogP contribution in [-0.4, -0.2) is 30.8 Å². The predicted octanol–water partition coefficient (Wildman–Crippen LogP) is 2.36. The van der Waals surface area contributed by atoms with Crippen LogP contribution in [0.15, 0.2) is 24.3 Å². The summed E-state index contributed by atoms with van der Waals surface area (Å²) in [7, 11) is 1.46. The Balaban J connectivity index is 2.80. The molecule has 0 fully saturated rings. The Kier molecular flexibility index (Phi) is 5.60. The van der Waals surface area contributed by atoms with Crippen LogP contribution in [0.4, 0.5) is 0 Å². The molecule has 0 unspecified atom stereocenters. The maximum atomic E-state index is 11.1. The van der Waals surface area contributed by atoms with Gasteiger partial charge in [0.05, 0.1) is 25.7 Å². The molecule has 0 heterocycles. The molecule has 0 aliphatic heterocycles. The summed E-state index contributed by atoms with van der Waals surface area (Å²) in [5.74, 6) is -0.875. The Morgan fingerprint density at radius 1 is 1.37 bits per heavy atom. The Hall–Kier alpha value is -2.30. The van der Waals surface area contributed by atoms with Gasteiger partial charge in [0.2, 0.25) is 0 Å². The van der Waals surface area contributed by atoms with Crippen molar-refractivity contribution in [2.45, 2.75) is 13.3 Å². The van der Waals surface area contributed by atoms with Gasteiger partial charge in [-0.2, -0.15) is 0 Å². The largest absolute Gasteiger partial charge is 0.496 e. The summed E-state index contributed by atoms with van der Waals surface area (Å²) < 4.78 is 9.90. The summed E-state index contributed by atoms with van der Waals surface area (Å²) in [4.78, 5) is 22.0. The van der Waals surface area contributed by atoms with Gasteiger partial charge in [0.1, 0.15) is 5.75 Å². The van der Waals surface area contributed by atoms with E-state index in [0.717, 1.165) is 0 Å². The molecular weight excluding hydrogens is 248 g/mol. The SMILES string of the molecule is CCOC(=O)CC=Cc1ccc(C(=O)O)cc1OC. The lowest BCUT2D eigenvalue weighted by atomic mass is 10.1. The second-order valence-corrected chi connectivity index (χ2v) is 3.67. The van der Waals surface area contributed by atoms with Crippen molar-refractivity contribution in [2.24, 2.45) is 0 Å². The first-order chi connectivity index (χ1) is 9.08. The molecule has 5 heteroatoms. The van der Waals surface area contributed by atoms with E-state index in [9.17, 15) is 9.59 Å². The number of methoxy groups -OCH3 is 1. The van der Waals surface area contributed by atoms with Gasteiger partial charge in [-0.15, -0.1) is 0 Å². The van der Waals surface area contributed by atoms with E-state index in [1.54, 1.807) is 25.1 Å². The number of ether oxygens (including phenoxy) is 2. The van der Waals surface area contributed by atoms with Crippen molar-refractivity contribution in [1.29, 1.82) is 0 Å². The highest BCUT2D eigenvalue weighted by atomic mass is 16.5. The highest BCUT2D eigenvalue weighted by Crippen LogP contribution is 2.21. The highest BCUT2D eigenvalue weighted by Gasteiger charge is 2.07. The van der Waals surface area contributed by atoms with E-state index in [1.165, 1.54) is 19.2 Å². The maximum Gasteiger partial charge on any atom is 0.335 e. The third kappa shape index (κ3) is 4.46. The van der Waals surface area contributed by atoms with Gasteiger partial charge in [0, 0.05) is 5.56 Å². The lowest BCUT2D eigenvalue weighted by Gasteiger charge is -2.05. The number of hydrogen-bond acceptors (Lipinski definition) is 4. The van der Waals surface area contributed by atoms with E-state index < -0.39 is 5.97 Å². The minimum atomic E-state index is -1.01. The number of carboxylic acids is 1. The van der Waals surface area contributed by atoms with Crippen LogP contribution in [0.5, 0.6) is 5.75 Å². The monoisotopic (exact) mass is 264 g/mol. The van der Waals surface area contributed by atoms with Crippen molar-refractivity contribution in [1.82, 2.24) is 0 Å². The molecule has 1 rings (SSSR count). The number of carbonyl (C=O) groups excluding carboxylic acids is 1. The van der Waals surface area contributed by atoms with E-state index in [4.69, 9.17) is 14.6 Å². The molecule has 0 aromatic heterocycles. The molecule has 102 valence electrons. The molecule has 0 atom stereocenters. The molecule has 1 aromatic carbocycles. The van der Waals surface area contributed by atoms with Crippen molar-refractivity contribution in [3.63, 3.8) is 0 Å². The Morgan fingerprint density at radius 2 is 2.11 bits per heavy atom. The number of aromatic carboxylic acids is 1. The molecule has 1 aromatic rings. The van der Waals surface area contributed by atoms with Crippen LogP contribution in [0, 0.1) is 0 Å². The van der Waals surface area contributed by atoms with Crippen molar-refractivity contribution < 1.29 is 24.2 Å². The molecular formula is C14H16O5. The summed E-state index contributed by atoms with van der Waals surface area (Å²) >= 11 is 0. The van der Waals surface area contributed by atoms with Gasteiger partial charge in [-0.3, -0.25) is 4.79 Å². The van der Waals surface area contributed by atoms with E-state index in [1.807, 2.05) is 0 Å². The Bertz CT molecular complexity index is 491. The summed E-state index contributed by atoms with van der Waals surface area (Å²) in [6.45, 7) is 2.10. The molecule has 0 saturated heterocycles. The Labute approximate surface area is 111 Å². The van der Waals surface area contributed by atoms with Crippen LogP contribution in [0.1, 0.15) is 29.3 Å². The summed E-state index contributed by atoms with van der Waals surface area (Å²) in [6, 6.07) is 4.55. The molecule has 0 aliphatic rings. The van der Waals surface area contributed by atoms with Crippen LogP contribution in [0.25, 0.3) is 6.08 Å². The number of esters is 1. The topological polar surface area (TPSA) is 72.8 Å². The van der Waals surface area contributed by atoms with Crippen LogP contribution >= 0.6 is 0 Å². The van der Waals surface area contributed by atoms with E-state index in [0.29, 0.717) is 17.9 Å². The minimum Gasteiger partial charge on any atom is -0.496 e. The first-order valence-corrected chi connectivity index (χ1v) is 5.82. The predicted molar refractivity (Wildman–Crippen MR) is 70.2 cm³/mol. The number of carboxylic acid groups (broad SMARTS) is 1. The maximum absolute atomic E-state index is 11.1. The fraction of sp³-hybridized carbons (Fsp3) is 0.286. The van der Waals surface area contributed by atoms with Gasteiger partial charge in [-0.05, 0) is 19.1 Å². The van der Waals surface area contributed by atoms with Gasteiger partial charge in [-0.25, -0.2) is 4.79 Å². The zero-order valence-electron chi connectivity index (χ0n) is 10.9. The lowest BCUT2D eigenvalue weighted by molar-refractivity contribution is -0.142. The fourth-order valence-electron chi connectivity index (χ4n) is 1.48. The average molecular weight is 264 g/mol. The van der Waals surface area contributed by atoms with E-state index >= 15 is 0 Å². The third-order valence-corrected chi connectivity index (χ3v) is 2.37. The lowest BCUT2D eigenvalue weighted by Crippen LogP contribution is -2.01. The van der Waals surface area contributed by atoms with E-state index in [2.05, 4.69) is 0 Å². The van der Waals surface area contributed by atoms with Gasteiger partial charge in [0.15, 0.2) is 0 Å². The molecule has 0 spiro atoms. The van der Waals surface area contributed by atoms with Gasteiger partial charge >= 0.3 is 11.9 Å². The van der Waals surface area contributed by atoms with Crippen molar-refractivity contribution in [3.05, 3.63) is 35.4 Å². The second kappa shape index (κ2) is 7.20. The zero-order chi connectivity index (χ0) is 14.3. The number of rotatable bonds is 6. The number of benzene rings is 1. The first-order valence-electron chi connectivity index (χ1n) is 5.82. The molecule has 0 saturated carbocycles. The Morgan fingerprint density at radius 3 is 2.68 bits per heavy atom. The van der Waals surface area contributed by atoms with Gasteiger partial charge in [0.25, 0.3) is 0 Å². The molecule has 5 nitrogen and oxygen atoms in total. The average Bonchev–Trinajstić information content (AvgIpc) is 2.39. The zero-order valence-corrected chi connectivity index (χ0v) is 10.9. The molecule has 0 aliphatic carbocycles. The van der Waals surface area contributed by atoms with Crippen molar-refractivity contribution in [3.8, 4) is 5.75 Å². The number of hydrogen-bond donors (Lipinski definition) is 1. The fourth-order valence-corrected chi connectivity index (χ4v) is 1.48. The molecule has 1 N–H and O–H groups in total. The molecule has 0 bridgehead atoms. The quantitative estimate of drug-likeness (QED) is 0.798. The second-order valence-electron chi connectivity index (χ2n) is 3.67. The van der Waals surface area contributed by atoms with Gasteiger partial charge in [-0.1, -0.05) is 18.2 Å². The minimum absolute atomic E-state index is 0.152. The normalized spacial score (nSPS) is 10.4. The summed E-state index contributed by atoms with van der Waals surface area (Å²) in [5, 5.41) is 8.87. The molecule has 0 radical (unpaired) electrons. The smallest absolute Gasteiger partial charge is 0.335 e. The van der Waals surface area contributed by atoms with Crippen LogP contribution < -0.4 is 4.74 Å². The van der Waals surface area contributed by atoms with Gasteiger partial charge < -0.3 is 14.6 Å². The summed E-state index contributed by atoms with van der Waals surface area (Å²) in [5.41, 5.74) is 0.858.